The molecule has 1 unspecified atom stereocenters. The van der Waals surface area contributed by atoms with Gasteiger partial charge in [0.1, 0.15) is 5.82 Å². The molecule has 3 rings (SSSR count). The summed E-state index contributed by atoms with van der Waals surface area (Å²) in [5, 5.41) is 0.681. The zero-order valence-electron chi connectivity index (χ0n) is 11.1. The fourth-order valence-corrected chi connectivity index (χ4v) is 3.17. The summed E-state index contributed by atoms with van der Waals surface area (Å²) >= 11 is 12.1. The van der Waals surface area contributed by atoms with Crippen LogP contribution in [-0.2, 0) is 10.7 Å². The summed E-state index contributed by atoms with van der Waals surface area (Å²) in [6.45, 7) is 0.681. The monoisotopic (exact) mass is 311 g/mol. The van der Waals surface area contributed by atoms with Crippen molar-refractivity contribution in [2.75, 3.05) is 13.6 Å². The van der Waals surface area contributed by atoms with Crippen LogP contribution < -0.4 is 0 Å². The van der Waals surface area contributed by atoms with Gasteiger partial charge in [-0.1, -0.05) is 11.6 Å². The molecule has 0 spiro atoms. The highest BCUT2D eigenvalue weighted by Gasteiger charge is 2.27. The standard InChI is InChI=1S/C14H15Cl2N3O/c1-18-8-10(3-5-14(18)20)19-12-6-9(16)2-4-11(12)17-13(19)7-15/h2,4,6,10H,3,5,7-8H2,1H3. The second-order valence-corrected chi connectivity index (χ2v) is 5.84. The first-order chi connectivity index (χ1) is 9.60. The molecule has 1 fully saturated rings. The lowest BCUT2D eigenvalue weighted by molar-refractivity contribution is -0.132. The van der Waals surface area contributed by atoms with Gasteiger partial charge in [0.15, 0.2) is 0 Å². The summed E-state index contributed by atoms with van der Waals surface area (Å²) in [5.74, 6) is 1.37. The Morgan fingerprint density at radius 2 is 2.25 bits per heavy atom. The van der Waals surface area contributed by atoms with E-state index in [4.69, 9.17) is 23.2 Å². The van der Waals surface area contributed by atoms with Gasteiger partial charge in [0.2, 0.25) is 5.91 Å². The van der Waals surface area contributed by atoms with Crippen LogP contribution in [0, 0.1) is 0 Å². The number of carbonyl (C=O) groups excluding carboxylic acids is 1. The number of halogens is 2. The molecule has 1 aliphatic heterocycles. The molecule has 20 heavy (non-hydrogen) atoms. The molecular weight excluding hydrogens is 297 g/mol. The first-order valence-corrected chi connectivity index (χ1v) is 7.47. The van der Waals surface area contributed by atoms with Crippen LogP contribution in [0.25, 0.3) is 11.0 Å². The van der Waals surface area contributed by atoms with Crippen LogP contribution in [0.2, 0.25) is 5.02 Å². The molecule has 0 bridgehead atoms. The number of nitrogens with zero attached hydrogens (tertiary/aromatic N) is 3. The van der Waals surface area contributed by atoms with Gasteiger partial charge < -0.3 is 9.47 Å². The minimum atomic E-state index is 0.191. The number of hydrogen-bond donors (Lipinski definition) is 0. The number of amides is 1. The normalized spacial score (nSPS) is 19.9. The molecule has 0 N–H and O–H groups in total. The van der Waals surface area contributed by atoms with Gasteiger partial charge in [-0.2, -0.15) is 0 Å². The number of aromatic nitrogens is 2. The Balaban J connectivity index is 2.09. The first-order valence-electron chi connectivity index (χ1n) is 6.56. The van der Waals surface area contributed by atoms with Gasteiger partial charge in [0.05, 0.1) is 23.0 Å². The predicted octanol–water partition coefficient (Wildman–Crippen LogP) is 3.22. The van der Waals surface area contributed by atoms with Crippen molar-refractivity contribution in [3.8, 4) is 0 Å². The molecule has 6 heteroatoms. The Labute approximate surface area is 127 Å². The molecule has 1 saturated heterocycles. The summed E-state index contributed by atoms with van der Waals surface area (Å²) in [7, 11) is 1.83. The second kappa shape index (κ2) is 5.26. The van der Waals surface area contributed by atoms with Crippen LogP contribution in [0.4, 0.5) is 0 Å². The second-order valence-electron chi connectivity index (χ2n) is 5.13. The number of likely N-dealkylation sites (tertiary alicyclic amines) is 1. The zero-order valence-corrected chi connectivity index (χ0v) is 12.7. The van der Waals surface area contributed by atoms with E-state index >= 15 is 0 Å². The third kappa shape index (κ3) is 2.27. The lowest BCUT2D eigenvalue weighted by atomic mass is 10.1. The van der Waals surface area contributed by atoms with Crippen molar-refractivity contribution >= 4 is 40.1 Å². The maximum Gasteiger partial charge on any atom is 0.222 e. The number of likely N-dealkylation sites (N-methyl/N-ethyl adjacent to an activating group) is 1. The zero-order chi connectivity index (χ0) is 14.3. The number of rotatable bonds is 2. The van der Waals surface area contributed by atoms with Crippen LogP contribution in [0.1, 0.15) is 24.7 Å². The quantitative estimate of drug-likeness (QED) is 0.799. The molecule has 2 aromatic rings. The van der Waals surface area contributed by atoms with E-state index in [1.54, 1.807) is 4.90 Å². The van der Waals surface area contributed by atoms with Crippen molar-refractivity contribution in [2.45, 2.75) is 24.8 Å². The highest BCUT2D eigenvalue weighted by Crippen LogP contribution is 2.30. The van der Waals surface area contributed by atoms with Crippen molar-refractivity contribution in [1.82, 2.24) is 14.5 Å². The smallest absolute Gasteiger partial charge is 0.222 e. The van der Waals surface area contributed by atoms with E-state index in [2.05, 4.69) is 9.55 Å². The molecule has 0 saturated carbocycles. The lowest BCUT2D eigenvalue weighted by Crippen LogP contribution is -2.38. The Morgan fingerprint density at radius 3 is 2.95 bits per heavy atom. The van der Waals surface area contributed by atoms with Crippen molar-refractivity contribution in [2.24, 2.45) is 0 Å². The van der Waals surface area contributed by atoms with Crippen LogP contribution >= 0.6 is 23.2 Å². The molecular formula is C14H15Cl2N3O. The van der Waals surface area contributed by atoms with Gasteiger partial charge in [-0.15, -0.1) is 11.6 Å². The summed E-state index contributed by atoms with van der Waals surface area (Å²) in [5.41, 5.74) is 1.88. The van der Waals surface area contributed by atoms with Crippen LogP contribution in [-0.4, -0.2) is 34.0 Å². The SMILES string of the molecule is CN1CC(n2c(CCl)nc3ccc(Cl)cc32)CCC1=O. The first kappa shape index (κ1) is 13.7. The van der Waals surface area contributed by atoms with Gasteiger partial charge in [-0.25, -0.2) is 4.98 Å². The van der Waals surface area contributed by atoms with E-state index in [9.17, 15) is 4.79 Å². The number of piperidine rings is 1. The molecule has 4 nitrogen and oxygen atoms in total. The van der Waals surface area contributed by atoms with E-state index in [1.165, 1.54) is 0 Å². The number of carbonyl (C=O) groups is 1. The molecule has 106 valence electrons. The predicted molar refractivity (Wildman–Crippen MR) is 80.2 cm³/mol. The van der Waals surface area contributed by atoms with E-state index in [-0.39, 0.29) is 11.9 Å². The number of hydrogen-bond acceptors (Lipinski definition) is 2. The fraction of sp³-hybridized carbons (Fsp3) is 0.429. The third-order valence-electron chi connectivity index (χ3n) is 3.81. The summed E-state index contributed by atoms with van der Waals surface area (Å²) < 4.78 is 2.14. The molecule has 1 atom stereocenters. The topological polar surface area (TPSA) is 38.1 Å². The van der Waals surface area contributed by atoms with Gasteiger partial charge in [0, 0.05) is 25.0 Å². The maximum atomic E-state index is 11.6. The molecule has 0 radical (unpaired) electrons. The summed E-state index contributed by atoms with van der Waals surface area (Å²) in [6.07, 6.45) is 1.37. The number of imidazole rings is 1. The Morgan fingerprint density at radius 1 is 1.45 bits per heavy atom. The lowest BCUT2D eigenvalue weighted by Gasteiger charge is -2.31. The van der Waals surface area contributed by atoms with Gasteiger partial charge in [0.25, 0.3) is 0 Å². The van der Waals surface area contributed by atoms with E-state index in [0.717, 1.165) is 23.3 Å². The van der Waals surface area contributed by atoms with Crippen LogP contribution in [0.5, 0.6) is 0 Å². The summed E-state index contributed by atoms with van der Waals surface area (Å²) in [6, 6.07) is 5.85. The number of alkyl halides is 1. The van der Waals surface area contributed by atoms with Crippen molar-refractivity contribution in [3.63, 3.8) is 0 Å². The van der Waals surface area contributed by atoms with E-state index in [0.29, 0.717) is 23.9 Å². The molecule has 1 amide bonds. The minimum absolute atomic E-state index is 0.191. The highest BCUT2D eigenvalue weighted by atomic mass is 35.5. The Hall–Kier alpha value is -1.26. The average Bonchev–Trinajstić information content (AvgIpc) is 2.79. The molecule has 1 aromatic heterocycles. The van der Waals surface area contributed by atoms with Gasteiger partial charge >= 0.3 is 0 Å². The highest BCUT2D eigenvalue weighted by molar-refractivity contribution is 6.31. The van der Waals surface area contributed by atoms with Crippen LogP contribution in [0.3, 0.4) is 0 Å². The molecule has 1 aliphatic rings. The van der Waals surface area contributed by atoms with Crippen molar-refractivity contribution in [3.05, 3.63) is 29.0 Å². The van der Waals surface area contributed by atoms with E-state index < -0.39 is 0 Å². The number of benzene rings is 1. The number of fused-ring (bicyclic) bond motifs is 1. The van der Waals surface area contributed by atoms with E-state index in [1.807, 2.05) is 25.2 Å². The largest absolute Gasteiger partial charge is 0.344 e. The maximum absolute atomic E-state index is 11.6. The van der Waals surface area contributed by atoms with Crippen LogP contribution in [0.15, 0.2) is 18.2 Å². The summed E-state index contributed by atoms with van der Waals surface area (Å²) in [4.78, 5) is 18.0. The molecule has 2 heterocycles. The minimum Gasteiger partial charge on any atom is -0.344 e. The van der Waals surface area contributed by atoms with Crippen molar-refractivity contribution in [1.29, 1.82) is 0 Å². The molecule has 1 aromatic carbocycles. The fourth-order valence-electron chi connectivity index (χ4n) is 2.82. The Kier molecular flexibility index (Phi) is 3.61. The average molecular weight is 312 g/mol. The van der Waals surface area contributed by atoms with Gasteiger partial charge in [-0.3, -0.25) is 4.79 Å². The molecule has 0 aliphatic carbocycles. The third-order valence-corrected chi connectivity index (χ3v) is 4.29. The van der Waals surface area contributed by atoms with Crippen molar-refractivity contribution < 1.29 is 4.79 Å². The van der Waals surface area contributed by atoms with Gasteiger partial charge in [-0.05, 0) is 24.6 Å². The Bertz CT molecular complexity index is 668.